The van der Waals surface area contributed by atoms with Crippen LogP contribution < -0.4 is 0 Å². The Balaban J connectivity index is 4.18. The lowest BCUT2D eigenvalue weighted by Crippen LogP contribution is -2.06. The second kappa shape index (κ2) is 6.06. The molecule has 0 aromatic heterocycles. The van der Waals surface area contributed by atoms with Crippen LogP contribution in [0.5, 0.6) is 0 Å². The van der Waals surface area contributed by atoms with Gasteiger partial charge in [0.25, 0.3) is 0 Å². The van der Waals surface area contributed by atoms with Crippen molar-refractivity contribution in [3.05, 3.63) is 11.8 Å². The first-order chi connectivity index (χ1) is 5.61. The van der Waals surface area contributed by atoms with E-state index < -0.39 is 0 Å². The molecule has 0 radical (unpaired) electrons. The summed E-state index contributed by atoms with van der Waals surface area (Å²) in [4.78, 5) is 10.9. The van der Waals surface area contributed by atoms with Crippen LogP contribution in [0.15, 0.2) is 11.8 Å². The van der Waals surface area contributed by atoms with Crippen molar-refractivity contribution < 1.29 is 14.3 Å². The first-order valence-corrected chi connectivity index (χ1v) is 4.59. The Morgan fingerprint density at radius 3 is 2.58 bits per heavy atom. The zero-order valence-electron chi connectivity index (χ0n) is 7.46. The molecule has 0 saturated heterocycles. The Labute approximate surface area is 80.9 Å². The van der Waals surface area contributed by atoms with Crippen LogP contribution in [0.4, 0.5) is 0 Å². The summed E-state index contributed by atoms with van der Waals surface area (Å²) in [7, 11) is 1.52. The summed E-state index contributed by atoms with van der Waals surface area (Å²) >= 11 is 3.28. The van der Waals surface area contributed by atoms with Gasteiger partial charge in [-0.2, -0.15) is 0 Å². The Kier molecular flexibility index (Phi) is 5.80. The van der Waals surface area contributed by atoms with E-state index in [1.807, 2.05) is 6.92 Å². The molecule has 0 amide bonds. The number of halogens is 1. The van der Waals surface area contributed by atoms with Gasteiger partial charge < -0.3 is 9.47 Å². The van der Waals surface area contributed by atoms with Crippen LogP contribution >= 0.6 is 15.9 Å². The van der Waals surface area contributed by atoms with Gasteiger partial charge >= 0.3 is 5.97 Å². The zero-order chi connectivity index (χ0) is 9.56. The lowest BCUT2D eigenvalue weighted by atomic mass is 10.3. The lowest BCUT2D eigenvalue weighted by Gasteiger charge is -2.07. The standard InChI is InChI=1S/C8H13BrO3/c1-4-12-8(10)5-7(11-3)6(2)9/h5-6H,4H2,1-3H3/b7-5+. The van der Waals surface area contributed by atoms with E-state index in [1.165, 1.54) is 13.2 Å². The van der Waals surface area contributed by atoms with Gasteiger partial charge in [0.1, 0.15) is 5.76 Å². The molecule has 1 atom stereocenters. The highest BCUT2D eigenvalue weighted by Gasteiger charge is 2.07. The van der Waals surface area contributed by atoms with Gasteiger partial charge in [-0.05, 0) is 13.8 Å². The fourth-order valence-electron chi connectivity index (χ4n) is 0.636. The number of hydrogen-bond acceptors (Lipinski definition) is 3. The molecule has 0 aliphatic rings. The number of carbonyl (C=O) groups excluding carboxylic acids is 1. The predicted molar refractivity (Wildman–Crippen MR) is 50.1 cm³/mol. The third-order valence-corrected chi connectivity index (χ3v) is 1.63. The van der Waals surface area contributed by atoms with Crippen LogP contribution in [0.3, 0.4) is 0 Å². The first kappa shape index (κ1) is 11.5. The second-order valence-electron chi connectivity index (χ2n) is 2.12. The average Bonchev–Trinajstić information content (AvgIpc) is 2.00. The molecule has 1 unspecified atom stereocenters. The van der Waals surface area contributed by atoms with E-state index in [0.717, 1.165) is 0 Å². The minimum atomic E-state index is -0.374. The Morgan fingerprint density at radius 2 is 2.25 bits per heavy atom. The summed E-state index contributed by atoms with van der Waals surface area (Å²) in [5, 5.41) is 0. The molecule has 3 nitrogen and oxygen atoms in total. The van der Waals surface area contributed by atoms with E-state index in [0.29, 0.717) is 12.4 Å². The van der Waals surface area contributed by atoms with E-state index in [9.17, 15) is 4.79 Å². The van der Waals surface area contributed by atoms with Crippen LogP contribution in [0.2, 0.25) is 0 Å². The van der Waals surface area contributed by atoms with Crippen molar-refractivity contribution in [1.29, 1.82) is 0 Å². The maximum atomic E-state index is 10.9. The number of methoxy groups -OCH3 is 1. The van der Waals surface area contributed by atoms with Crippen LogP contribution in [0.1, 0.15) is 13.8 Å². The van der Waals surface area contributed by atoms with Gasteiger partial charge in [0.05, 0.1) is 24.6 Å². The predicted octanol–water partition coefficient (Wildman–Crippen LogP) is 1.86. The third-order valence-electron chi connectivity index (χ3n) is 1.17. The molecular formula is C8H13BrO3. The molecule has 0 bridgehead atoms. The number of esters is 1. The summed E-state index contributed by atoms with van der Waals surface area (Å²) in [6.07, 6.45) is 1.34. The van der Waals surface area contributed by atoms with Gasteiger partial charge in [0, 0.05) is 0 Å². The molecule has 0 heterocycles. The van der Waals surface area contributed by atoms with E-state index >= 15 is 0 Å². The van der Waals surface area contributed by atoms with E-state index in [-0.39, 0.29) is 10.8 Å². The van der Waals surface area contributed by atoms with Crippen LogP contribution in [0, 0.1) is 0 Å². The van der Waals surface area contributed by atoms with Crippen molar-refractivity contribution in [3.63, 3.8) is 0 Å². The third kappa shape index (κ3) is 4.38. The smallest absolute Gasteiger partial charge is 0.334 e. The fraction of sp³-hybridized carbons (Fsp3) is 0.625. The minimum absolute atomic E-state index is 0.0203. The molecule has 0 spiro atoms. The maximum absolute atomic E-state index is 10.9. The second-order valence-corrected chi connectivity index (χ2v) is 3.49. The number of allylic oxidation sites excluding steroid dienone is 1. The number of ether oxygens (including phenoxy) is 2. The molecule has 0 rings (SSSR count). The highest BCUT2D eigenvalue weighted by Crippen LogP contribution is 2.11. The molecule has 0 aromatic rings. The minimum Gasteiger partial charge on any atom is -0.500 e. The molecule has 0 aliphatic heterocycles. The summed E-state index contributed by atoms with van der Waals surface area (Å²) in [5.74, 6) is 0.189. The quantitative estimate of drug-likeness (QED) is 0.324. The van der Waals surface area contributed by atoms with Crippen molar-refractivity contribution >= 4 is 21.9 Å². The van der Waals surface area contributed by atoms with Crippen LogP contribution in [-0.2, 0) is 14.3 Å². The molecule has 0 N–H and O–H groups in total. The normalized spacial score (nSPS) is 13.8. The number of rotatable bonds is 4. The largest absolute Gasteiger partial charge is 0.500 e. The highest BCUT2D eigenvalue weighted by molar-refractivity contribution is 9.09. The molecule has 0 saturated carbocycles. The number of carbonyl (C=O) groups is 1. The van der Waals surface area contributed by atoms with Crippen molar-refractivity contribution in [2.45, 2.75) is 18.7 Å². The van der Waals surface area contributed by atoms with Crippen LogP contribution in [0.25, 0.3) is 0 Å². The summed E-state index contributed by atoms with van der Waals surface area (Å²) < 4.78 is 9.65. The Bertz CT molecular complexity index is 175. The zero-order valence-corrected chi connectivity index (χ0v) is 9.05. The Morgan fingerprint density at radius 1 is 1.67 bits per heavy atom. The highest BCUT2D eigenvalue weighted by atomic mass is 79.9. The monoisotopic (exact) mass is 236 g/mol. The maximum Gasteiger partial charge on any atom is 0.334 e. The van der Waals surface area contributed by atoms with E-state index in [4.69, 9.17) is 9.47 Å². The summed E-state index contributed by atoms with van der Waals surface area (Å²) in [6, 6.07) is 0. The van der Waals surface area contributed by atoms with Crippen molar-refractivity contribution in [2.75, 3.05) is 13.7 Å². The average molecular weight is 237 g/mol. The SMILES string of the molecule is CCOC(=O)/C=C(/OC)C(C)Br. The summed E-state index contributed by atoms with van der Waals surface area (Å²) in [6.45, 7) is 4.01. The lowest BCUT2D eigenvalue weighted by molar-refractivity contribution is -0.137. The number of hydrogen-bond donors (Lipinski definition) is 0. The van der Waals surface area contributed by atoms with E-state index in [2.05, 4.69) is 15.9 Å². The molecule has 0 aliphatic carbocycles. The van der Waals surface area contributed by atoms with Gasteiger partial charge in [-0.1, -0.05) is 15.9 Å². The van der Waals surface area contributed by atoms with Gasteiger partial charge in [-0.25, -0.2) is 4.79 Å². The molecular weight excluding hydrogens is 224 g/mol. The van der Waals surface area contributed by atoms with Crippen LogP contribution in [-0.4, -0.2) is 24.5 Å². The molecule has 4 heteroatoms. The van der Waals surface area contributed by atoms with Crippen molar-refractivity contribution in [1.82, 2.24) is 0 Å². The Hall–Kier alpha value is -0.510. The van der Waals surface area contributed by atoms with Crippen molar-refractivity contribution in [3.8, 4) is 0 Å². The van der Waals surface area contributed by atoms with Crippen molar-refractivity contribution in [2.24, 2.45) is 0 Å². The van der Waals surface area contributed by atoms with Gasteiger partial charge in [-0.3, -0.25) is 0 Å². The molecule has 0 aromatic carbocycles. The molecule has 12 heavy (non-hydrogen) atoms. The van der Waals surface area contributed by atoms with Gasteiger partial charge in [-0.15, -0.1) is 0 Å². The molecule has 0 fully saturated rings. The van der Waals surface area contributed by atoms with E-state index in [1.54, 1.807) is 6.92 Å². The first-order valence-electron chi connectivity index (χ1n) is 3.68. The fourth-order valence-corrected chi connectivity index (χ4v) is 0.955. The van der Waals surface area contributed by atoms with Gasteiger partial charge in [0.15, 0.2) is 0 Å². The number of alkyl halides is 1. The summed E-state index contributed by atoms with van der Waals surface area (Å²) in [5.41, 5.74) is 0. The molecule has 70 valence electrons. The van der Waals surface area contributed by atoms with Gasteiger partial charge in [0.2, 0.25) is 0 Å². The topological polar surface area (TPSA) is 35.5 Å².